The number of hydrogen-bond acceptors (Lipinski definition) is 4. The normalized spacial score (nSPS) is 19.2. The van der Waals surface area contributed by atoms with E-state index in [0.29, 0.717) is 42.0 Å². The fourth-order valence-corrected chi connectivity index (χ4v) is 3.69. The fourth-order valence-electron chi connectivity index (χ4n) is 3.46. The molecule has 0 radical (unpaired) electrons. The van der Waals surface area contributed by atoms with Crippen LogP contribution < -0.4 is 10.6 Å². The largest absolute Gasteiger partial charge is 0.338 e. The lowest BCUT2D eigenvalue weighted by atomic mass is 9.87. The van der Waals surface area contributed by atoms with Gasteiger partial charge in [-0.15, -0.1) is 0 Å². The molecule has 7 nitrogen and oxygen atoms in total. The number of aromatic nitrogens is 1. The number of imide groups is 1. The Bertz CT molecular complexity index is 906. The first-order valence-electron chi connectivity index (χ1n) is 7.96. The third kappa shape index (κ3) is 2.60. The highest BCUT2D eigenvalue weighted by molar-refractivity contribution is 6.32. The van der Waals surface area contributed by atoms with Gasteiger partial charge in [0, 0.05) is 29.7 Å². The maximum Gasteiger partial charge on any atom is 0.322 e. The third-order valence-electron chi connectivity index (χ3n) is 4.82. The van der Waals surface area contributed by atoms with E-state index in [9.17, 15) is 14.4 Å². The number of urea groups is 1. The van der Waals surface area contributed by atoms with Gasteiger partial charge in [0.1, 0.15) is 5.54 Å². The highest BCUT2D eigenvalue weighted by Gasteiger charge is 2.48. The molecular formula is C17H15ClN4O3. The highest BCUT2D eigenvalue weighted by atomic mass is 35.5. The standard InChI is InChI=1S/C17H15ClN4O3/c18-11-8-10-2-1-5-19-13(10)12(9-11)14(23)22-6-3-17(4-7-22)15(24)20-16(25)21-17/h1-2,5,8-9H,3-4,6-7H2,(H2,20,21,24,25). The van der Waals surface area contributed by atoms with Crippen molar-refractivity contribution in [2.24, 2.45) is 0 Å². The minimum Gasteiger partial charge on any atom is -0.338 e. The van der Waals surface area contributed by atoms with Crippen molar-refractivity contribution in [3.63, 3.8) is 0 Å². The highest BCUT2D eigenvalue weighted by Crippen LogP contribution is 2.28. The van der Waals surface area contributed by atoms with Crippen molar-refractivity contribution in [3.8, 4) is 0 Å². The molecule has 25 heavy (non-hydrogen) atoms. The van der Waals surface area contributed by atoms with E-state index in [1.54, 1.807) is 29.3 Å². The lowest BCUT2D eigenvalue weighted by Crippen LogP contribution is -2.55. The Kier molecular flexibility index (Phi) is 3.61. The molecule has 2 aromatic rings. The second kappa shape index (κ2) is 5.70. The van der Waals surface area contributed by atoms with E-state index in [4.69, 9.17) is 11.6 Å². The summed E-state index contributed by atoms with van der Waals surface area (Å²) in [5.41, 5.74) is 0.144. The SMILES string of the molecule is O=C1NC(=O)C2(CCN(C(=O)c3cc(Cl)cc4cccnc34)CC2)N1. The summed E-state index contributed by atoms with van der Waals surface area (Å²) in [6.45, 7) is 0.737. The predicted octanol–water partition coefficient (Wildman–Crippen LogP) is 1.70. The van der Waals surface area contributed by atoms with Crippen LogP contribution in [0.1, 0.15) is 23.2 Å². The van der Waals surface area contributed by atoms with Crippen LogP contribution in [0, 0.1) is 0 Å². The van der Waals surface area contributed by atoms with Crippen LogP contribution in [-0.4, -0.2) is 46.4 Å². The Labute approximate surface area is 148 Å². The number of benzene rings is 1. The first-order chi connectivity index (χ1) is 12.0. The lowest BCUT2D eigenvalue weighted by molar-refractivity contribution is -0.125. The fraction of sp³-hybridized carbons (Fsp3) is 0.294. The van der Waals surface area contributed by atoms with Gasteiger partial charge in [0.05, 0.1) is 11.1 Å². The van der Waals surface area contributed by atoms with Gasteiger partial charge in [0.25, 0.3) is 11.8 Å². The number of nitrogens with one attached hydrogen (secondary N) is 2. The van der Waals surface area contributed by atoms with Crippen molar-refractivity contribution in [2.45, 2.75) is 18.4 Å². The number of fused-ring (bicyclic) bond motifs is 1. The first-order valence-corrected chi connectivity index (χ1v) is 8.33. The molecule has 0 atom stereocenters. The van der Waals surface area contributed by atoms with Crippen molar-refractivity contribution < 1.29 is 14.4 Å². The van der Waals surface area contributed by atoms with Gasteiger partial charge in [0.2, 0.25) is 0 Å². The van der Waals surface area contributed by atoms with Crippen molar-refractivity contribution in [2.75, 3.05) is 13.1 Å². The minimum absolute atomic E-state index is 0.175. The molecular weight excluding hydrogens is 344 g/mol. The van der Waals surface area contributed by atoms with Crippen LogP contribution in [0.15, 0.2) is 30.5 Å². The topological polar surface area (TPSA) is 91.4 Å². The maximum atomic E-state index is 13.0. The molecule has 4 amide bonds. The summed E-state index contributed by atoms with van der Waals surface area (Å²) in [4.78, 5) is 42.3. The zero-order valence-electron chi connectivity index (χ0n) is 13.2. The summed E-state index contributed by atoms with van der Waals surface area (Å²) in [6.07, 6.45) is 2.39. The number of carbonyl (C=O) groups excluding carboxylic acids is 3. The Balaban J connectivity index is 1.59. The Morgan fingerprint density at radius 2 is 2.00 bits per heavy atom. The molecule has 2 aliphatic rings. The van der Waals surface area contributed by atoms with E-state index in [1.165, 1.54) is 0 Å². The third-order valence-corrected chi connectivity index (χ3v) is 5.04. The van der Waals surface area contributed by atoms with Gasteiger partial charge in [-0.2, -0.15) is 0 Å². The average Bonchev–Trinajstić information content (AvgIpc) is 2.87. The van der Waals surface area contributed by atoms with Gasteiger partial charge >= 0.3 is 6.03 Å². The van der Waals surface area contributed by atoms with Gasteiger partial charge in [-0.05, 0) is 31.0 Å². The molecule has 128 valence electrons. The van der Waals surface area contributed by atoms with Crippen molar-refractivity contribution in [1.29, 1.82) is 0 Å². The van der Waals surface area contributed by atoms with E-state index in [2.05, 4.69) is 15.6 Å². The molecule has 1 aromatic heterocycles. The van der Waals surface area contributed by atoms with Gasteiger partial charge in [-0.3, -0.25) is 19.9 Å². The lowest BCUT2D eigenvalue weighted by Gasteiger charge is -2.37. The molecule has 2 fully saturated rings. The number of pyridine rings is 1. The minimum atomic E-state index is -0.900. The first kappa shape index (κ1) is 15.8. The molecule has 1 spiro atoms. The zero-order valence-corrected chi connectivity index (χ0v) is 14.0. The molecule has 0 aliphatic carbocycles. The van der Waals surface area contributed by atoms with E-state index >= 15 is 0 Å². The maximum absolute atomic E-state index is 13.0. The van der Waals surface area contributed by atoms with Crippen LogP contribution >= 0.6 is 11.6 Å². The molecule has 1 aromatic carbocycles. The van der Waals surface area contributed by atoms with E-state index in [1.807, 2.05) is 6.07 Å². The zero-order chi connectivity index (χ0) is 17.6. The quantitative estimate of drug-likeness (QED) is 0.759. The van der Waals surface area contributed by atoms with Crippen LogP contribution in [0.2, 0.25) is 5.02 Å². The number of carbonyl (C=O) groups is 3. The molecule has 2 N–H and O–H groups in total. The smallest absolute Gasteiger partial charge is 0.322 e. The number of piperidine rings is 1. The summed E-state index contributed by atoms with van der Waals surface area (Å²) < 4.78 is 0. The van der Waals surface area contributed by atoms with Crippen LogP contribution in [0.5, 0.6) is 0 Å². The number of hydrogen-bond donors (Lipinski definition) is 2. The van der Waals surface area contributed by atoms with E-state index in [0.717, 1.165) is 5.39 Å². The Hall–Kier alpha value is -2.67. The Morgan fingerprint density at radius 1 is 1.24 bits per heavy atom. The van der Waals surface area contributed by atoms with E-state index in [-0.39, 0.29) is 11.8 Å². The van der Waals surface area contributed by atoms with Crippen LogP contribution in [0.25, 0.3) is 10.9 Å². The van der Waals surface area contributed by atoms with Crippen molar-refractivity contribution in [1.82, 2.24) is 20.5 Å². The number of amides is 4. The Morgan fingerprint density at radius 3 is 2.68 bits per heavy atom. The number of likely N-dealkylation sites (tertiary alicyclic amines) is 1. The number of rotatable bonds is 1. The predicted molar refractivity (Wildman–Crippen MR) is 91.3 cm³/mol. The summed E-state index contributed by atoms with van der Waals surface area (Å²) in [5, 5.41) is 6.22. The molecule has 2 saturated heterocycles. The van der Waals surface area contributed by atoms with Gasteiger partial charge in [-0.1, -0.05) is 17.7 Å². The molecule has 0 bridgehead atoms. The molecule has 4 rings (SSSR count). The van der Waals surface area contributed by atoms with Gasteiger partial charge in [-0.25, -0.2) is 4.79 Å². The monoisotopic (exact) mass is 358 g/mol. The molecule has 0 saturated carbocycles. The summed E-state index contributed by atoms with van der Waals surface area (Å²) in [7, 11) is 0. The summed E-state index contributed by atoms with van der Waals surface area (Å²) in [6, 6.07) is 6.56. The van der Waals surface area contributed by atoms with Gasteiger partial charge in [0.15, 0.2) is 0 Å². The number of nitrogens with zero attached hydrogens (tertiary/aromatic N) is 2. The molecule has 3 heterocycles. The molecule has 0 unspecified atom stereocenters. The molecule has 2 aliphatic heterocycles. The summed E-state index contributed by atoms with van der Waals surface area (Å²) >= 11 is 6.14. The summed E-state index contributed by atoms with van der Waals surface area (Å²) in [5.74, 6) is -0.495. The van der Waals surface area contributed by atoms with Crippen LogP contribution in [-0.2, 0) is 4.79 Å². The molecule has 8 heteroatoms. The van der Waals surface area contributed by atoms with Crippen molar-refractivity contribution >= 4 is 40.3 Å². The average molecular weight is 359 g/mol. The van der Waals surface area contributed by atoms with Crippen molar-refractivity contribution in [3.05, 3.63) is 41.0 Å². The van der Waals surface area contributed by atoms with E-state index < -0.39 is 11.6 Å². The number of halogens is 1. The van der Waals surface area contributed by atoms with Crippen LogP contribution in [0.4, 0.5) is 4.79 Å². The van der Waals surface area contributed by atoms with Crippen LogP contribution in [0.3, 0.4) is 0 Å². The second-order valence-corrected chi connectivity index (χ2v) is 6.75. The van der Waals surface area contributed by atoms with Gasteiger partial charge < -0.3 is 10.2 Å². The second-order valence-electron chi connectivity index (χ2n) is 6.31.